The summed E-state index contributed by atoms with van der Waals surface area (Å²) in [4.78, 5) is 0. The summed E-state index contributed by atoms with van der Waals surface area (Å²) in [6, 6.07) is 6.95. The molecule has 1 aromatic carbocycles. The monoisotopic (exact) mass is 251 g/mol. The molecule has 0 amide bonds. The Morgan fingerprint density at radius 3 is 3.06 bits per heavy atom. The Labute approximate surface area is 108 Å². The molecule has 0 spiro atoms. The first-order valence-electron chi connectivity index (χ1n) is 6.42. The van der Waals surface area contributed by atoms with Crippen LogP contribution < -0.4 is 10.1 Å². The van der Waals surface area contributed by atoms with Crippen LogP contribution in [0.4, 0.5) is 0 Å². The molecule has 1 N–H and O–H groups in total. The molecule has 0 saturated carbocycles. The summed E-state index contributed by atoms with van der Waals surface area (Å²) >= 11 is 2.01. The first-order chi connectivity index (χ1) is 8.36. The van der Waals surface area contributed by atoms with Crippen molar-refractivity contribution in [2.45, 2.75) is 32.1 Å². The molecular formula is C14H21NOS. The van der Waals surface area contributed by atoms with Gasteiger partial charge in [-0.1, -0.05) is 19.1 Å². The molecular weight excluding hydrogens is 230 g/mol. The number of fused-ring (bicyclic) bond motifs is 1. The molecule has 94 valence electrons. The van der Waals surface area contributed by atoms with E-state index in [4.69, 9.17) is 4.74 Å². The molecule has 0 radical (unpaired) electrons. The van der Waals surface area contributed by atoms with Gasteiger partial charge >= 0.3 is 0 Å². The second kappa shape index (κ2) is 6.31. The average Bonchev–Trinajstić information content (AvgIpc) is 2.54. The van der Waals surface area contributed by atoms with Crippen LogP contribution in [0.1, 0.15) is 37.4 Å². The van der Waals surface area contributed by atoms with E-state index in [0.29, 0.717) is 6.04 Å². The topological polar surface area (TPSA) is 21.3 Å². The Hall–Kier alpha value is -0.670. The number of thioether (sulfide) groups is 1. The molecule has 0 aliphatic carbocycles. The van der Waals surface area contributed by atoms with Crippen molar-refractivity contribution in [3.8, 4) is 5.75 Å². The van der Waals surface area contributed by atoms with Gasteiger partial charge in [-0.3, -0.25) is 0 Å². The minimum absolute atomic E-state index is 0.491. The van der Waals surface area contributed by atoms with Crippen molar-refractivity contribution in [2.75, 3.05) is 18.9 Å². The lowest BCUT2D eigenvalue weighted by Crippen LogP contribution is -2.21. The molecule has 1 unspecified atom stereocenters. The Kier molecular flexibility index (Phi) is 4.75. The fourth-order valence-corrected chi connectivity index (χ4v) is 3.40. The second-order valence-electron chi connectivity index (χ2n) is 4.21. The van der Waals surface area contributed by atoms with Crippen LogP contribution >= 0.6 is 11.8 Å². The number of rotatable bonds is 4. The third-order valence-electron chi connectivity index (χ3n) is 3.09. The van der Waals surface area contributed by atoms with Gasteiger partial charge < -0.3 is 10.1 Å². The first kappa shape index (κ1) is 12.8. The molecule has 0 saturated heterocycles. The molecule has 3 heteroatoms. The maximum Gasteiger partial charge on any atom is 0.123 e. The van der Waals surface area contributed by atoms with Crippen molar-refractivity contribution in [1.82, 2.24) is 5.32 Å². The van der Waals surface area contributed by atoms with Crippen LogP contribution in [-0.2, 0) is 5.75 Å². The van der Waals surface area contributed by atoms with Crippen LogP contribution in [0.15, 0.2) is 18.2 Å². The van der Waals surface area contributed by atoms with Crippen LogP contribution in [0, 0.1) is 0 Å². The fraction of sp³-hybridized carbons (Fsp3) is 0.571. The van der Waals surface area contributed by atoms with Crippen molar-refractivity contribution in [2.24, 2.45) is 0 Å². The van der Waals surface area contributed by atoms with Crippen LogP contribution in [0.5, 0.6) is 5.75 Å². The third kappa shape index (κ3) is 2.96. The van der Waals surface area contributed by atoms with E-state index in [-0.39, 0.29) is 0 Å². The fourth-order valence-electron chi connectivity index (χ4n) is 2.34. The molecule has 2 rings (SSSR count). The second-order valence-corrected chi connectivity index (χ2v) is 5.31. The molecule has 0 fully saturated rings. The van der Waals surface area contributed by atoms with Crippen molar-refractivity contribution < 1.29 is 4.74 Å². The average molecular weight is 251 g/mol. The molecule has 1 heterocycles. The largest absolute Gasteiger partial charge is 0.494 e. The molecule has 1 aromatic rings. The molecule has 1 aliphatic rings. The molecule has 1 atom stereocenters. The van der Waals surface area contributed by atoms with E-state index in [9.17, 15) is 0 Å². The maximum absolute atomic E-state index is 5.75. The summed E-state index contributed by atoms with van der Waals surface area (Å²) in [7, 11) is 0. The predicted molar refractivity (Wildman–Crippen MR) is 74.8 cm³/mol. The smallest absolute Gasteiger partial charge is 0.123 e. The highest BCUT2D eigenvalue weighted by Gasteiger charge is 2.20. The number of hydrogen-bond donors (Lipinski definition) is 1. The van der Waals surface area contributed by atoms with Crippen LogP contribution in [0.3, 0.4) is 0 Å². The third-order valence-corrected chi connectivity index (χ3v) is 4.11. The lowest BCUT2D eigenvalue weighted by atomic mass is 9.98. The Balaban J connectivity index is 2.34. The summed E-state index contributed by atoms with van der Waals surface area (Å²) in [6.07, 6.45) is 1.21. The zero-order valence-electron chi connectivity index (χ0n) is 10.7. The summed E-state index contributed by atoms with van der Waals surface area (Å²) in [6.45, 7) is 5.98. The normalized spacial score (nSPS) is 19.5. The highest BCUT2D eigenvalue weighted by atomic mass is 32.2. The van der Waals surface area contributed by atoms with E-state index in [2.05, 4.69) is 30.4 Å². The zero-order chi connectivity index (χ0) is 12.1. The molecule has 2 nitrogen and oxygen atoms in total. The number of hydrogen-bond acceptors (Lipinski definition) is 3. The maximum atomic E-state index is 5.75. The van der Waals surface area contributed by atoms with Crippen molar-refractivity contribution in [1.29, 1.82) is 0 Å². The summed E-state index contributed by atoms with van der Waals surface area (Å²) in [5.74, 6) is 3.37. The van der Waals surface area contributed by atoms with Gasteiger partial charge in [0, 0.05) is 17.4 Å². The number of ether oxygens (including phenoxy) is 1. The van der Waals surface area contributed by atoms with E-state index in [1.165, 1.54) is 23.3 Å². The van der Waals surface area contributed by atoms with Crippen molar-refractivity contribution >= 4 is 11.8 Å². The molecule has 0 aromatic heterocycles. The number of nitrogens with one attached hydrogen (secondary N) is 1. The highest BCUT2D eigenvalue weighted by molar-refractivity contribution is 7.98. The summed E-state index contributed by atoms with van der Waals surface area (Å²) < 4.78 is 5.75. The van der Waals surface area contributed by atoms with E-state index in [1.807, 2.05) is 18.7 Å². The Morgan fingerprint density at radius 2 is 2.29 bits per heavy atom. The number of benzene rings is 1. The zero-order valence-corrected chi connectivity index (χ0v) is 11.5. The van der Waals surface area contributed by atoms with Gasteiger partial charge in [0.25, 0.3) is 0 Å². The lowest BCUT2D eigenvalue weighted by Gasteiger charge is -2.19. The molecule has 0 bridgehead atoms. The van der Waals surface area contributed by atoms with E-state index < -0.39 is 0 Å². The Bertz CT molecular complexity index is 367. The van der Waals surface area contributed by atoms with Crippen LogP contribution in [0.2, 0.25) is 0 Å². The van der Waals surface area contributed by atoms with E-state index >= 15 is 0 Å². The van der Waals surface area contributed by atoms with Crippen LogP contribution in [0.25, 0.3) is 0 Å². The minimum atomic E-state index is 0.491. The van der Waals surface area contributed by atoms with Crippen molar-refractivity contribution in [3.05, 3.63) is 29.3 Å². The van der Waals surface area contributed by atoms with E-state index in [1.54, 1.807) is 0 Å². The summed E-state index contributed by atoms with van der Waals surface area (Å²) in [5.41, 5.74) is 2.82. The quantitative estimate of drug-likeness (QED) is 0.886. The minimum Gasteiger partial charge on any atom is -0.494 e. The standard InChI is InChI=1S/C14H21NOS/c1-3-15-13-8-9-17-10-12-11(13)6-5-7-14(12)16-4-2/h5-7,13,15H,3-4,8-10H2,1-2H3. The first-order valence-corrected chi connectivity index (χ1v) is 7.58. The Morgan fingerprint density at radius 1 is 1.41 bits per heavy atom. The van der Waals surface area contributed by atoms with E-state index in [0.717, 1.165) is 24.7 Å². The highest BCUT2D eigenvalue weighted by Crippen LogP contribution is 2.35. The van der Waals surface area contributed by atoms with Gasteiger partial charge in [0.1, 0.15) is 5.75 Å². The SMILES string of the molecule is CCNC1CCSCc2c(OCC)cccc21. The van der Waals surface area contributed by atoms with Crippen LogP contribution in [-0.4, -0.2) is 18.9 Å². The van der Waals surface area contributed by atoms with Gasteiger partial charge in [-0.2, -0.15) is 11.8 Å². The van der Waals surface area contributed by atoms with Gasteiger partial charge in [-0.15, -0.1) is 0 Å². The lowest BCUT2D eigenvalue weighted by molar-refractivity contribution is 0.336. The van der Waals surface area contributed by atoms with Gasteiger partial charge in [0.2, 0.25) is 0 Å². The molecule has 17 heavy (non-hydrogen) atoms. The molecule has 1 aliphatic heterocycles. The predicted octanol–water partition coefficient (Wildman–Crippen LogP) is 3.37. The van der Waals surface area contributed by atoms with Gasteiger partial charge in [0.05, 0.1) is 6.61 Å². The summed E-state index contributed by atoms with van der Waals surface area (Å²) in [5, 5.41) is 3.58. The van der Waals surface area contributed by atoms with Gasteiger partial charge in [-0.25, -0.2) is 0 Å². The van der Waals surface area contributed by atoms with Gasteiger partial charge in [-0.05, 0) is 37.3 Å². The van der Waals surface area contributed by atoms with Crippen molar-refractivity contribution in [3.63, 3.8) is 0 Å². The van der Waals surface area contributed by atoms with Gasteiger partial charge in [0.15, 0.2) is 0 Å².